The van der Waals surface area contributed by atoms with Crippen LogP contribution < -0.4 is 5.32 Å². The molecule has 1 fully saturated rings. The third-order valence-electron chi connectivity index (χ3n) is 4.95. The molecule has 0 saturated carbocycles. The van der Waals surface area contributed by atoms with Crippen LogP contribution in [-0.2, 0) is 4.74 Å². The molecule has 8 heteroatoms. The number of aromatic nitrogens is 2. The summed E-state index contributed by atoms with van der Waals surface area (Å²) in [7, 11) is 0. The third kappa shape index (κ3) is 3.94. The van der Waals surface area contributed by atoms with E-state index in [9.17, 15) is 9.59 Å². The van der Waals surface area contributed by atoms with Gasteiger partial charge in [-0.25, -0.2) is 4.98 Å². The van der Waals surface area contributed by atoms with Gasteiger partial charge in [-0.3, -0.25) is 14.2 Å². The maximum atomic E-state index is 12.9. The summed E-state index contributed by atoms with van der Waals surface area (Å²) in [5.41, 5.74) is 3.50. The Morgan fingerprint density at radius 2 is 1.97 bits per heavy atom. The van der Waals surface area contributed by atoms with Crippen molar-refractivity contribution < 1.29 is 14.3 Å². The molecule has 0 unspecified atom stereocenters. The fourth-order valence-electron chi connectivity index (χ4n) is 3.49. The van der Waals surface area contributed by atoms with E-state index in [0.717, 1.165) is 16.5 Å². The van der Waals surface area contributed by atoms with Crippen LogP contribution in [0, 0.1) is 13.8 Å². The second kappa shape index (κ2) is 8.18. The van der Waals surface area contributed by atoms with E-state index in [1.807, 2.05) is 29.9 Å². The minimum atomic E-state index is -0.211. The number of benzene rings is 1. The number of anilines is 1. The van der Waals surface area contributed by atoms with E-state index in [1.54, 1.807) is 35.4 Å². The van der Waals surface area contributed by atoms with E-state index in [2.05, 4.69) is 10.3 Å². The second-order valence-electron chi connectivity index (χ2n) is 6.87. The lowest BCUT2D eigenvalue weighted by Crippen LogP contribution is -2.40. The lowest BCUT2D eigenvalue weighted by Gasteiger charge is -2.27. The number of amides is 2. The van der Waals surface area contributed by atoms with E-state index in [1.165, 1.54) is 11.3 Å². The first-order valence-corrected chi connectivity index (χ1v) is 10.3. The maximum absolute atomic E-state index is 12.9. The summed E-state index contributed by atoms with van der Waals surface area (Å²) in [6.45, 7) is 6.12. The average Bonchev–Trinajstić information content (AvgIpc) is 3.36. The van der Waals surface area contributed by atoms with Crippen molar-refractivity contribution in [3.8, 4) is 5.13 Å². The molecule has 7 nitrogen and oxygen atoms in total. The van der Waals surface area contributed by atoms with E-state index in [4.69, 9.17) is 4.74 Å². The Bertz CT molecular complexity index is 1040. The molecule has 0 aliphatic carbocycles. The zero-order valence-corrected chi connectivity index (χ0v) is 17.2. The highest BCUT2D eigenvalue weighted by atomic mass is 32.1. The molecule has 0 radical (unpaired) electrons. The van der Waals surface area contributed by atoms with Gasteiger partial charge in [-0.1, -0.05) is 6.07 Å². The largest absolute Gasteiger partial charge is 0.378 e. The smallest absolute Gasteiger partial charge is 0.257 e. The SMILES string of the molecule is Cc1cc(C(=O)Nc2cccc(C(=O)N3CCOCC3)c2)c(C)n1-c1nccs1. The molecular weight excluding hydrogens is 388 g/mol. The van der Waals surface area contributed by atoms with E-state index < -0.39 is 0 Å². The highest BCUT2D eigenvalue weighted by molar-refractivity contribution is 7.12. The summed E-state index contributed by atoms with van der Waals surface area (Å²) >= 11 is 1.52. The quantitative estimate of drug-likeness (QED) is 0.716. The molecular formula is C21H22N4O3S. The van der Waals surface area contributed by atoms with E-state index in [0.29, 0.717) is 43.1 Å². The number of rotatable bonds is 4. The van der Waals surface area contributed by atoms with Gasteiger partial charge < -0.3 is 15.0 Å². The fourth-order valence-corrected chi connectivity index (χ4v) is 4.24. The van der Waals surface area contributed by atoms with Crippen molar-refractivity contribution >= 4 is 28.8 Å². The lowest BCUT2D eigenvalue weighted by atomic mass is 10.1. The Morgan fingerprint density at radius 3 is 2.69 bits per heavy atom. The number of ether oxygens (including phenoxy) is 1. The molecule has 150 valence electrons. The zero-order valence-electron chi connectivity index (χ0n) is 16.3. The molecule has 1 saturated heterocycles. The molecule has 0 bridgehead atoms. The summed E-state index contributed by atoms with van der Waals surface area (Å²) in [5, 5.41) is 5.66. The number of thiazole rings is 1. The van der Waals surface area contributed by atoms with Gasteiger partial charge in [0, 0.05) is 47.3 Å². The van der Waals surface area contributed by atoms with Crippen LogP contribution in [0.2, 0.25) is 0 Å². The van der Waals surface area contributed by atoms with Gasteiger partial charge in [0.05, 0.1) is 18.8 Å². The van der Waals surface area contributed by atoms with Gasteiger partial charge in [-0.2, -0.15) is 0 Å². The molecule has 2 amide bonds. The van der Waals surface area contributed by atoms with E-state index >= 15 is 0 Å². The number of carbonyl (C=O) groups is 2. The summed E-state index contributed by atoms with van der Waals surface area (Å²) in [5.74, 6) is -0.261. The highest BCUT2D eigenvalue weighted by Crippen LogP contribution is 2.23. The molecule has 0 atom stereocenters. The monoisotopic (exact) mass is 410 g/mol. The predicted octanol–water partition coefficient (Wildman–Crippen LogP) is 3.28. The van der Waals surface area contributed by atoms with Gasteiger partial charge in [0.15, 0.2) is 5.13 Å². The summed E-state index contributed by atoms with van der Waals surface area (Å²) < 4.78 is 7.27. The molecule has 1 N–H and O–H groups in total. The minimum absolute atomic E-state index is 0.0497. The molecule has 1 aromatic carbocycles. The van der Waals surface area contributed by atoms with Gasteiger partial charge in [0.2, 0.25) is 0 Å². The summed E-state index contributed by atoms with van der Waals surface area (Å²) in [6.07, 6.45) is 1.75. The van der Waals surface area contributed by atoms with Crippen molar-refractivity contribution in [2.75, 3.05) is 31.6 Å². The normalized spacial score (nSPS) is 14.1. The number of aryl methyl sites for hydroxylation is 1. The molecule has 3 heterocycles. The number of hydrogen-bond donors (Lipinski definition) is 1. The van der Waals surface area contributed by atoms with E-state index in [-0.39, 0.29) is 11.8 Å². The number of morpholine rings is 1. The Balaban J connectivity index is 1.53. The van der Waals surface area contributed by atoms with Crippen molar-refractivity contribution in [2.24, 2.45) is 0 Å². The van der Waals surface area contributed by atoms with Crippen molar-refractivity contribution in [3.63, 3.8) is 0 Å². The Labute approximate surface area is 172 Å². The molecule has 4 rings (SSSR count). The van der Waals surface area contributed by atoms with Crippen LogP contribution in [0.5, 0.6) is 0 Å². The number of nitrogens with one attached hydrogen (secondary N) is 1. The van der Waals surface area contributed by atoms with Crippen LogP contribution in [0.25, 0.3) is 5.13 Å². The van der Waals surface area contributed by atoms with Crippen molar-refractivity contribution in [1.82, 2.24) is 14.5 Å². The van der Waals surface area contributed by atoms with Gasteiger partial charge in [0.25, 0.3) is 11.8 Å². The third-order valence-corrected chi connectivity index (χ3v) is 5.71. The van der Waals surface area contributed by atoms with Crippen LogP contribution in [0.3, 0.4) is 0 Å². The van der Waals surface area contributed by atoms with Crippen LogP contribution >= 0.6 is 11.3 Å². The molecule has 1 aliphatic rings. The maximum Gasteiger partial charge on any atom is 0.257 e. The molecule has 29 heavy (non-hydrogen) atoms. The van der Waals surface area contributed by atoms with Crippen LogP contribution in [0.15, 0.2) is 41.9 Å². The number of hydrogen-bond acceptors (Lipinski definition) is 5. The molecule has 3 aromatic rings. The van der Waals surface area contributed by atoms with Crippen LogP contribution in [-0.4, -0.2) is 52.6 Å². The predicted molar refractivity (Wildman–Crippen MR) is 112 cm³/mol. The van der Waals surface area contributed by atoms with Gasteiger partial charge in [-0.05, 0) is 38.1 Å². The van der Waals surface area contributed by atoms with Crippen molar-refractivity contribution in [3.05, 3.63) is 64.4 Å². The van der Waals surface area contributed by atoms with Gasteiger partial charge in [0.1, 0.15) is 0 Å². The molecule has 0 spiro atoms. The highest BCUT2D eigenvalue weighted by Gasteiger charge is 2.20. The summed E-state index contributed by atoms with van der Waals surface area (Å²) in [4.78, 5) is 31.7. The van der Waals surface area contributed by atoms with Crippen LogP contribution in [0.4, 0.5) is 5.69 Å². The van der Waals surface area contributed by atoms with Crippen molar-refractivity contribution in [2.45, 2.75) is 13.8 Å². The van der Waals surface area contributed by atoms with Crippen LogP contribution in [0.1, 0.15) is 32.1 Å². The zero-order chi connectivity index (χ0) is 20.4. The standard InChI is InChI=1S/C21H22N4O3S/c1-14-12-18(15(2)25(14)21-22-6-11-29-21)19(26)23-17-5-3-4-16(13-17)20(27)24-7-9-28-10-8-24/h3-6,11-13H,7-10H2,1-2H3,(H,23,26). The topological polar surface area (TPSA) is 76.5 Å². The first kappa shape index (κ1) is 19.4. The van der Waals surface area contributed by atoms with Crippen molar-refractivity contribution in [1.29, 1.82) is 0 Å². The first-order chi connectivity index (χ1) is 14.0. The Hall–Kier alpha value is -2.97. The van der Waals surface area contributed by atoms with Gasteiger partial charge in [-0.15, -0.1) is 11.3 Å². The molecule has 1 aliphatic heterocycles. The Kier molecular flexibility index (Phi) is 5.46. The van der Waals surface area contributed by atoms with Gasteiger partial charge >= 0.3 is 0 Å². The first-order valence-electron chi connectivity index (χ1n) is 9.42. The molecule has 2 aromatic heterocycles. The number of carbonyl (C=O) groups excluding carboxylic acids is 2. The number of nitrogens with zero attached hydrogens (tertiary/aromatic N) is 3. The second-order valence-corrected chi connectivity index (χ2v) is 7.75. The minimum Gasteiger partial charge on any atom is -0.378 e. The summed E-state index contributed by atoms with van der Waals surface area (Å²) in [6, 6.07) is 8.91. The average molecular weight is 410 g/mol. The fraction of sp³-hybridized carbons (Fsp3) is 0.286. The lowest BCUT2D eigenvalue weighted by molar-refractivity contribution is 0.0303. The Morgan fingerprint density at radius 1 is 1.17 bits per heavy atom.